The minimum absolute atomic E-state index is 0.0159. The number of hydrogen-bond donors (Lipinski definition) is 0. The molecule has 3 nitrogen and oxygen atoms in total. The maximum Gasteiger partial charge on any atom is 0.253 e. The number of benzene rings is 1. The molecule has 1 aromatic carbocycles. The zero-order valence-electron chi connectivity index (χ0n) is 11.1. The summed E-state index contributed by atoms with van der Waals surface area (Å²) in [5.74, 6) is -0.341. The van der Waals surface area contributed by atoms with Gasteiger partial charge in [0.15, 0.2) is 0 Å². The number of carbonyl (C=O) groups is 1. The van der Waals surface area contributed by atoms with Crippen molar-refractivity contribution in [2.75, 3.05) is 13.1 Å². The lowest BCUT2D eigenvalue weighted by atomic mass is 10.0. The Bertz CT molecular complexity index is 622. The molecule has 0 bridgehead atoms. The van der Waals surface area contributed by atoms with E-state index in [1.165, 1.54) is 6.07 Å². The number of amides is 1. The van der Waals surface area contributed by atoms with E-state index in [9.17, 15) is 9.18 Å². The molecule has 3 rings (SSSR count). The Morgan fingerprint density at radius 1 is 1.10 bits per heavy atom. The highest BCUT2D eigenvalue weighted by atomic mass is 19.1. The van der Waals surface area contributed by atoms with Crippen LogP contribution < -0.4 is 0 Å². The van der Waals surface area contributed by atoms with Gasteiger partial charge in [-0.05, 0) is 48.7 Å². The van der Waals surface area contributed by atoms with Crippen molar-refractivity contribution in [3.63, 3.8) is 0 Å². The van der Waals surface area contributed by atoms with Crippen LogP contribution in [0.15, 0.2) is 42.7 Å². The van der Waals surface area contributed by atoms with Crippen molar-refractivity contribution in [3.8, 4) is 11.1 Å². The Morgan fingerprint density at radius 3 is 2.50 bits per heavy atom. The molecule has 1 fully saturated rings. The zero-order chi connectivity index (χ0) is 13.9. The van der Waals surface area contributed by atoms with Crippen LogP contribution in [0, 0.1) is 5.82 Å². The number of rotatable bonds is 2. The van der Waals surface area contributed by atoms with Gasteiger partial charge in [0.1, 0.15) is 5.82 Å². The van der Waals surface area contributed by atoms with Crippen LogP contribution >= 0.6 is 0 Å². The highest BCUT2D eigenvalue weighted by Gasteiger charge is 2.20. The summed E-state index contributed by atoms with van der Waals surface area (Å²) in [5, 5.41) is 0. The van der Waals surface area contributed by atoms with Crippen LogP contribution in [0.3, 0.4) is 0 Å². The van der Waals surface area contributed by atoms with E-state index >= 15 is 0 Å². The first-order chi connectivity index (χ1) is 9.75. The second-order valence-electron chi connectivity index (χ2n) is 4.93. The van der Waals surface area contributed by atoms with Crippen LogP contribution in [0.25, 0.3) is 11.1 Å². The number of likely N-dealkylation sites (tertiary alicyclic amines) is 1. The molecule has 1 saturated heterocycles. The van der Waals surface area contributed by atoms with E-state index in [4.69, 9.17) is 0 Å². The molecule has 20 heavy (non-hydrogen) atoms. The second kappa shape index (κ2) is 5.41. The van der Waals surface area contributed by atoms with Crippen molar-refractivity contribution in [3.05, 3.63) is 54.1 Å². The number of halogens is 1. The van der Waals surface area contributed by atoms with Gasteiger partial charge in [-0.15, -0.1) is 0 Å². The van der Waals surface area contributed by atoms with Crippen molar-refractivity contribution in [1.29, 1.82) is 0 Å². The molecule has 0 unspecified atom stereocenters. The minimum Gasteiger partial charge on any atom is -0.339 e. The molecule has 1 aromatic heterocycles. The molecule has 4 heteroatoms. The van der Waals surface area contributed by atoms with Gasteiger partial charge in [-0.3, -0.25) is 9.78 Å². The number of aromatic nitrogens is 1. The molecule has 2 aromatic rings. The normalized spacial score (nSPS) is 14.6. The monoisotopic (exact) mass is 270 g/mol. The van der Waals surface area contributed by atoms with Gasteiger partial charge in [0, 0.05) is 36.6 Å². The van der Waals surface area contributed by atoms with E-state index in [1.807, 2.05) is 4.90 Å². The molecule has 0 aliphatic carbocycles. The Labute approximate surface area is 117 Å². The molecule has 0 saturated carbocycles. The third-order valence-electron chi connectivity index (χ3n) is 3.60. The van der Waals surface area contributed by atoms with Gasteiger partial charge in [0.25, 0.3) is 5.91 Å². The van der Waals surface area contributed by atoms with Gasteiger partial charge >= 0.3 is 0 Å². The van der Waals surface area contributed by atoms with E-state index in [-0.39, 0.29) is 11.7 Å². The minimum atomic E-state index is -0.325. The molecule has 0 atom stereocenters. The number of hydrogen-bond acceptors (Lipinski definition) is 2. The van der Waals surface area contributed by atoms with Gasteiger partial charge in [0.05, 0.1) is 0 Å². The molecule has 1 amide bonds. The molecule has 0 radical (unpaired) electrons. The van der Waals surface area contributed by atoms with Crippen LogP contribution in [0.2, 0.25) is 0 Å². The maximum absolute atomic E-state index is 14.0. The summed E-state index contributed by atoms with van der Waals surface area (Å²) < 4.78 is 14.0. The summed E-state index contributed by atoms with van der Waals surface area (Å²) in [7, 11) is 0. The largest absolute Gasteiger partial charge is 0.339 e. The van der Waals surface area contributed by atoms with E-state index in [0.29, 0.717) is 11.1 Å². The Balaban J connectivity index is 1.96. The van der Waals surface area contributed by atoms with E-state index in [0.717, 1.165) is 31.5 Å². The first-order valence-electron chi connectivity index (χ1n) is 6.75. The third kappa shape index (κ3) is 2.41. The average molecular weight is 270 g/mol. The highest BCUT2D eigenvalue weighted by molar-refractivity contribution is 5.95. The predicted octanol–water partition coefficient (Wildman–Crippen LogP) is 3.12. The third-order valence-corrected chi connectivity index (χ3v) is 3.60. The summed E-state index contributed by atoms with van der Waals surface area (Å²) >= 11 is 0. The maximum atomic E-state index is 14.0. The average Bonchev–Trinajstić information content (AvgIpc) is 3.02. The summed E-state index contributed by atoms with van der Waals surface area (Å²) in [6.07, 6.45) is 5.32. The molecule has 102 valence electrons. The van der Waals surface area contributed by atoms with E-state index in [2.05, 4.69) is 4.98 Å². The van der Waals surface area contributed by atoms with Gasteiger partial charge < -0.3 is 4.90 Å². The van der Waals surface area contributed by atoms with Crippen LogP contribution in [-0.2, 0) is 0 Å². The fraction of sp³-hybridized carbons (Fsp3) is 0.250. The first-order valence-corrected chi connectivity index (χ1v) is 6.75. The van der Waals surface area contributed by atoms with Gasteiger partial charge in [-0.1, -0.05) is 0 Å². The van der Waals surface area contributed by atoms with Crippen LogP contribution in [0.4, 0.5) is 4.39 Å². The lowest BCUT2D eigenvalue weighted by molar-refractivity contribution is 0.0793. The second-order valence-corrected chi connectivity index (χ2v) is 4.93. The van der Waals surface area contributed by atoms with Crippen LogP contribution in [0.1, 0.15) is 23.2 Å². The highest BCUT2D eigenvalue weighted by Crippen LogP contribution is 2.24. The smallest absolute Gasteiger partial charge is 0.253 e. The van der Waals surface area contributed by atoms with Crippen molar-refractivity contribution in [1.82, 2.24) is 9.88 Å². The molecule has 0 spiro atoms. The Morgan fingerprint density at radius 2 is 1.80 bits per heavy atom. The van der Waals surface area contributed by atoms with E-state index in [1.54, 1.807) is 36.7 Å². The molecular formula is C16H15FN2O. The standard InChI is InChI=1S/C16H15FN2O/c17-15-4-3-13(16(20)19-9-1-2-10-19)11-14(15)12-5-7-18-8-6-12/h3-8,11H,1-2,9-10H2. The summed E-state index contributed by atoms with van der Waals surface area (Å²) in [6, 6.07) is 8.02. The molecule has 2 heterocycles. The predicted molar refractivity (Wildman–Crippen MR) is 74.8 cm³/mol. The summed E-state index contributed by atoms with van der Waals surface area (Å²) in [4.78, 5) is 18.1. The van der Waals surface area contributed by atoms with Gasteiger partial charge in [-0.25, -0.2) is 4.39 Å². The fourth-order valence-corrected chi connectivity index (χ4v) is 2.51. The summed E-state index contributed by atoms with van der Waals surface area (Å²) in [5.41, 5.74) is 1.71. The van der Waals surface area contributed by atoms with E-state index < -0.39 is 0 Å². The van der Waals surface area contributed by atoms with Crippen LogP contribution in [-0.4, -0.2) is 28.9 Å². The lowest BCUT2D eigenvalue weighted by Gasteiger charge is -2.16. The van der Waals surface area contributed by atoms with Crippen molar-refractivity contribution < 1.29 is 9.18 Å². The first kappa shape index (κ1) is 12.8. The van der Waals surface area contributed by atoms with Crippen molar-refractivity contribution >= 4 is 5.91 Å². The summed E-state index contributed by atoms with van der Waals surface area (Å²) in [6.45, 7) is 1.58. The Kier molecular flexibility index (Phi) is 3.46. The topological polar surface area (TPSA) is 33.2 Å². The zero-order valence-corrected chi connectivity index (χ0v) is 11.1. The van der Waals surface area contributed by atoms with Gasteiger partial charge in [-0.2, -0.15) is 0 Å². The quantitative estimate of drug-likeness (QED) is 0.840. The molecule has 1 aliphatic heterocycles. The number of pyridine rings is 1. The SMILES string of the molecule is O=C(c1ccc(F)c(-c2ccncc2)c1)N1CCCC1. The molecular weight excluding hydrogens is 255 g/mol. The lowest BCUT2D eigenvalue weighted by Crippen LogP contribution is -2.27. The van der Waals surface area contributed by atoms with Crippen molar-refractivity contribution in [2.24, 2.45) is 0 Å². The molecule has 0 N–H and O–H groups in total. The number of nitrogens with zero attached hydrogens (tertiary/aromatic N) is 2. The Hall–Kier alpha value is -2.23. The number of carbonyl (C=O) groups excluding carboxylic acids is 1. The fourth-order valence-electron chi connectivity index (χ4n) is 2.51. The van der Waals surface area contributed by atoms with Crippen molar-refractivity contribution in [2.45, 2.75) is 12.8 Å². The molecule has 1 aliphatic rings. The van der Waals surface area contributed by atoms with Gasteiger partial charge in [0.2, 0.25) is 0 Å². The van der Waals surface area contributed by atoms with Crippen LogP contribution in [0.5, 0.6) is 0 Å².